The van der Waals surface area contributed by atoms with E-state index in [2.05, 4.69) is 62.1 Å². The van der Waals surface area contributed by atoms with Crippen LogP contribution >= 0.6 is 0 Å². The Balaban J connectivity index is 0.000000261. The fourth-order valence-corrected chi connectivity index (χ4v) is 2.83. The summed E-state index contributed by atoms with van der Waals surface area (Å²) in [5.74, 6) is 0. The number of benzene rings is 2. The number of rotatable bonds is 1. The second-order valence-electron chi connectivity index (χ2n) is 5.73. The molecule has 0 fully saturated rings. The van der Waals surface area contributed by atoms with Crippen LogP contribution < -0.4 is 5.19 Å². The van der Waals surface area contributed by atoms with Crippen LogP contribution in [-0.4, -0.2) is 26.6 Å². The summed E-state index contributed by atoms with van der Waals surface area (Å²) in [5.41, 5.74) is -5.53. The average molecular weight is 350 g/mol. The molecule has 0 unspecified atom stereocenters. The first kappa shape index (κ1) is 18.7. The van der Waals surface area contributed by atoms with E-state index in [0.717, 1.165) is 0 Å². The molecule has 0 aliphatic heterocycles. The van der Waals surface area contributed by atoms with E-state index in [-0.39, 0.29) is 0 Å². The van der Waals surface area contributed by atoms with E-state index in [1.165, 1.54) is 16.0 Å². The number of halogens is 3. The van der Waals surface area contributed by atoms with Crippen molar-refractivity contribution in [2.24, 2.45) is 0 Å². The molecule has 0 saturated heterocycles. The van der Waals surface area contributed by atoms with Gasteiger partial charge < -0.3 is 0 Å². The molecule has 0 spiro atoms. The van der Waals surface area contributed by atoms with Gasteiger partial charge in [-0.25, -0.2) is 0 Å². The number of fused-ring (bicyclic) bond motifs is 1. The van der Waals surface area contributed by atoms with Crippen molar-refractivity contribution >= 4 is 34.2 Å². The molecule has 2 aromatic rings. The van der Waals surface area contributed by atoms with E-state index in [4.69, 9.17) is 13.0 Å². The summed E-state index contributed by atoms with van der Waals surface area (Å²) >= 11 is 0. The van der Waals surface area contributed by atoms with E-state index in [1.54, 1.807) is 0 Å². The molecule has 0 aromatic heterocycles. The highest BCUT2D eigenvalue weighted by Gasteiger charge is 2.44. The average Bonchev–Trinajstić information content (AvgIpc) is 2.35. The van der Waals surface area contributed by atoms with Crippen molar-refractivity contribution in [3.05, 3.63) is 42.5 Å². The van der Waals surface area contributed by atoms with Crippen molar-refractivity contribution in [1.82, 2.24) is 0 Å². The molecule has 0 radical (unpaired) electrons. The maximum absolute atomic E-state index is 10.7. The van der Waals surface area contributed by atoms with Crippen LogP contribution in [0.15, 0.2) is 42.5 Å². The summed E-state index contributed by atoms with van der Waals surface area (Å²) < 4.78 is 57.5. The summed E-state index contributed by atoms with van der Waals surface area (Å²) in [6.45, 7) is 7.16. The highest BCUT2D eigenvalue weighted by atomic mass is 32.2. The topological polar surface area (TPSA) is 54.4 Å². The largest absolute Gasteiger partial charge is 0.522 e. The third-order valence-corrected chi connectivity index (χ3v) is 5.54. The number of hydrogen-bond donors (Lipinski definition) is 1. The summed E-state index contributed by atoms with van der Waals surface area (Å²) in [6, 6.07) is 15.4. The van der Waals surface area contributed by atoms with Crippen molar-refractivity contribution in [1.29, 1.82) is 0 Å². The number of alkyl halides is 3. The minimum Gasteiger partial charge on any atom is -0.279 e. The minimum absolute atomic E-state index is 1.15. The van der Waals surface area contributed by atoms with Crippen LogP contribution in [0.5, 0.6) is 0 Å². The molecule has 0 aliphatic carbocycles. The summed E-state index contributed by atoms with van der Waals surface area (Å²) in [4.78, 5) is 0. The van der Waals surface area contributed by atoms with Gasteiger partial charge in [-0.2, -0.15) is 21.6 Å². The Morgan fingerprint density at radius 1 is 0.955 bits per heavy atom. The molecule has 0 saturated carbocycles. The van der Waals surface area contributed by atoms with E-state index < -0.39 is 23.7 Å². The van der Waals surface area contributed by atoms with Gasteiger partial charge in [0.15, 0.2) is 0 Å². The van der Waals surface area contributed by atoms with Gasteiger partial charge in [0, 0.05) is 0 Å². The van der Waals surface area contributed by atoms with Gasteiger partial charge in [0.1, 0.15) is 0 Å². The van der Waals surface area contributed by atoms with Crippen molar-refractivity contribution in [2.75, 3.05) is 0 Å². The predicted molar refractivity (Wildman–Crippen MR) is 84.5 cm³/mol. The molecule has 22 heavy (non-hydrogen) atoms. The Kier molecular flexibility index (Phi) is 5.42. The summed E-state index contributed by atoms with van der Waals surface area (Å²) in [5, 5.41) is 4.25. The van der Waals surface area contributed by atoms with Crippen LogP contribution in [-0.2, 0) is 10.1 Å². The first-order valence-electron chi connectivity index (χ1n) is 6.35. The lowest BCUT2D eigenvalue weighted by atomic mass is 10.1. The van der Waals surface area contributed by atoms with Gasteiger partial charge in [0.2, 0.25) is 0 Å². The van der Waals surface area contributed by atoms with Crippen molar-refractivity contribution in [2.45, 2.75) is 25.1 Å². The Bertz CT molecular complexity index is 750. The molecule has 0 bridgehead atoms. The number of hydrogen-bond acceptors (Lipinski definition) is 2. The molecule has 3 nitrogen and oxygen atoms in total. The van der Waals surface area contributed by atoms with Gasteiger partial charge in [-0.1, -0.05) is 67.3 Å². The van der Waals surface area contributed by atoms with Crippen LogP contribution in [0.3, 0.4) is 0 Å². The standard InChI is InChI=1S/C13H16Si.CHF3O3S/c1-14(2,3)13-9-8-11-6-4-5-7-12(11)10-13;2-1(3,4)8(5,6)7/h4-10H,1-3H3;(H,5,6,7). The Labute approximate surface area is 128 Å². The molecule has 2 aromatic carbocycles. The summed E-state index contributed by atoms with van der Waals surface area (Å²) in [6.07, 6.45) is 0. The fraction of sp³-hybridized carbons (Fsp3) is 0.286. The van der Waals surface area contributed by atoms with Crippen LogP contribution in [0.4, 0.5) is 13.2 Å². The SMILES string of the molecule is C[Si](C)(C)c1ccc2ccccc2c1.O=S(=O)(O)C(F)(F)F. The molecule has 2 rings (SSSR count). The zero-order chi connectivity index (χ0) is 17.2. The second-order valence-corrected chi connectivity index (χ2v) is 12.2. The Morgan fingerprint density at radius 3 is 1.82 bits per heavy atom. The van der Waals surface area contributed by atoms with Crippen LogP contribution in [0, 0.1) is 0 Å². The van der Waals surface area contributed by atoms with E-state index >= 15 is 0 Å². The molecular formula is C14H17F3O3SSi. The highest BCUT2D eigenvalue weighted by molar-refractivity contribution is 7.86. The van der Waals surface area contributed by atoms with Crippen molar-refractivity contribution in [3.63, 3.8) is 0 Å². The minimum atomic E-state index is -5.84. The predicted octanol–water partition coefficient (Wildman–Crippen LogP) is 3.78. The highest BCUT2D eigenvalue weighted by Crippen LogP contribution is 2.20. The second kappa shape index (κ2) is 6.39. The van der Waals surface area contributed by atoms with Crippen LogP contribution in [0.2, 0.25) is 19.6 Å². The lowest BCUT2D eigenvalue weighted by Crippen LogP contribution is -2.37. The molecule has 122 valence electrons. The third-order valence-electron chi connectivity index (χ3n) is 2.91. The van der Waals surface area contributed by atoms with E-state index in [1.807, 2.05) is 0 Å². The van der Waals surface area contributed by atoms with Gasteiger partial charge >= 0.3 is 15.6 Å². The normalized spacial score (nSPS) is 12.7. The first-order valence-corrected chi connectivity index (χ1v) is 11.3. The molecule has 0 amide bonds. The smallest absolute Gasteiger partial charge is 0.279 e. The fourth-order valence-electron chi connectivity index (χ4n) is 1.66. The first-order chi connectivity index (χ1) is 9.82. The van der Waals surface area contributed by atoms with Gasteiger partial charge in [-0.15, -0.1) is 0 Å². The molecular weight excluding hydrogens is 333 g/mol. The lowest BCUT2D eigenvalue weighted by Gasteiger charge is -2.16. The molecule has 0 aliphatic rings. The Hall–Kier alpha value is -1.38. The molecule has 1 N–H and O–H groups in total. The maximum atomic E-state index is 10.7. The zero-order valence-electron chi connectivity index (χ0n) is 12.3. The molecule has 0 atom stereocenters. The Morgan fingerprint density at radius 2 is 1.41 bits per heavy atom. The quantitative estimate of drug-likeness (QED) is 0.484. The third kappa shape index (κ3) is 5.11. The van der Waals surface area contributed by atoms with Gasteiger partial charge in [0.25, 0.3) is 0 Å². The van der Waals surface area contributed by atoms with Gasteiger partial charge in [-0.3, -0.25) is 4.55 Å². The van der Waals surface area contributed by atoms with Gasteiger partial charge in [0.05, 0.1) is 8.07 Å². The van der Waals surface area contributed by atoms with E-state index in [9.17, 15) is 13.2 Å². The van der Waals surface area contributed by atoms with Gasteiger partial charge in [-0.05, 0) is 10.8 Å². The van der Waals surface area contributed by atoms with Crippen LogP contribution in [0.25, 0.3) is 10.8 Å². The summed E-state index contributed by atoms with van der Waals surface area (Å²) in [7, 11) is -6.99. The van der Waals surface area contributed by atoms with Crippen molar-refractivity contribution < 1.29 is 26.1 Å². The maximum Gasteiger partial charge on any atom is 0.522 e. The van der Waals surface area contributed by atoms with E-state index in [0.29, 0.717) is 0 Å². The molecule has 0 heterocycles. The zero-order valence-corrected chi connectivity index (χ0v) is 14.2. The monoisotopic (exact) mass is 350 g/mol. The lowest BCUT2D eigenvalue weighted by molar-refractivity contribution is -0.0510. The van der Waals surface area contributed by atoms with Crippen LogP contribution in [0.1, 0.15) is 0 Å². The molecule has 8 heteroatoms. The van der Waals surface area contributed by atoms with Crippen molar-refractivity contribution in [3.8, 4) is 0 Å².